The Bertz CT molecular complexity index is 189. The number of hydrogen-bond acceptors (Lipinski definition) is 3. The monoisotopic (exact) mass is 171 g/mol. The van der Waals surface area contributed by atoms with E-state index in [1.807, 2.05) is 6.92 Å². The number of hydrogen-bond donors (Lipinski definition) is 2. The van der Waals surface area contributed by atoms with E-state index in [1.165, 1.54) is 0 Å². The van der Waals surface area contributed by atoms with Gasteiger partial charge in [0.05, 0.1) is 13.0 Å². The molecule has 0 rings (SSSR count). The van der Waals surface area contributed by atoms with Gasteiger partial charge in [0.2, 0.25) is 0 Å². The van der Waals surface area contributed by atoms with Gasteiger partial charge in [-0.25, -0.2) is 0 Å². The van der Waals surface area contributed by atoms with Gasteiger partial charge in [0.15, 0.2) is 0 Å². The Kier molecular flexibility index (Phi) is 5.60. The van der Waals surface area contributed by atoms with E-state index in [2.05, 4.69) is 22.3 Å². The Hall–Kier alpha value is -1.39. The van der Waals surface area contributed by atoms with Gasteiger partial charge in [-0.15, -0.1) is 0 Å². The summed E-state index contributed by atoms with van der Waals surface area (Å²) in [5.74, 6) is -0.932. The Morgan fingerprint density at radius 3 is 2.83 bits per heavy atom. The van der Waals surface area contributed by atoms with E-state index in [1.54, 1.807) is 0 Å². The second kappa shape index (κ2) is 6.33. The topological polar surface area (TPSA) is 74.0 Å². The maximum Gasteiger partial charge on any atom is 0.309 e. The third-order valence-electron chi connectivity index (χ3n) is 0.967. The van der Waals surface area contributed by atoms with E-state index >= 15 is 0 Å². The van der Waals surface area contributed by atoms with Crippen LogP contribution >= 0.6 is 0 Å². The summed E-state index contributed by atoms with van der Waals surface area (Å²) in [6, 6.07) is 0. The number of carboxylic acid groups (broad SMARTS) is 1. The molecule has 0 unspecified atom stereocenters. The molecule has 0 radical (unpaired) electrons. The van der Waals surface area contributed by atoms with Crippen LogP contribution in [0.25, 0.3) is 0 Å². The SMILES string of the molecule is C=C(CC(=O)O)NN=NCCC. The lowest BCUT2D eigenvalue weighted by atomic mass is 10.4. The van der Waals surface area contributed by atoms with Crippen LogP contribution in [-0.4, -0.2) is 17.6 Å². The van der Waals surface area contributed by atoms with Crippen molar-refractivity contribution in [2.45, 2.75) is 19.8 Å². The number of carbonyl (C=O) groups is 1. The molecule has 0 aliphatic rings. The van der Waals surface area contributed by atoms with E-state index < -0.39 is 5.97 Å². The molecule has 0 fully saturated rings. The quantitative estimate of drug-likeness (QED) is 0.467. The zero-order valence-electron chi connectivity index (χ0n) is 7.08. The molecule has 5 heteroatoms. The number of nitrogens with zero attached hydrogens (tertiary/aromatic N) is 2. The second-order valence-corrected chi connectivity index (χ2v) is 2.25. The van der Waals surface area contributed by atoms with Crippen LogP contribution < -0.4 is 5.43 Å². The summed E-state index contributed by atoms with van der Waals surface area (Å²) in [6.07, 6.45) is 0.779. The Labute approximate surface area is 71.2 Å². The van der Waals surface area contributed by atoms with Crippen molar-refractivity contribution in [2.75, 3.05) is 6.54 Å². The van der Waals surface area contributed by atoms with Crippen LogP contribution in [0.5, 0.6) is 0 Å². The highest BCUT2D eigenvalue weighted by Gasteiger charge is 1.98. The Morgan fingerprint density at radius 2 is 2.33 bits per heavy atom. The minimum atomic E-state index is -0.932. The molecule has 0 saturated carbocycles. The zero-order chi connectivity index (χ0) is 9.40. The maximum absolute atomic E-state index is 10.1. The molecule has 0 saturated heterocycles. The van der Waals surface area contributed by atoms with E-state index in [0.29, 0.717) is 12.2 Å². The summed E-state index contributed by atoms with van der Waals surface area (Å²) < 4.78 is 0. The molecule has 0 aromatic carbocycles. The summed E-state index contributed by atoms with van der Waals surface area (Å²) in [5, 5.41) is 15.5. The zero-order valence-corrected chi connectivity index (χ0v) is 7.08. The fourth-order valence-corrected chi connectivity index (χ4v) is 0.478. The van der Waals surface area contributed by atoms with Crippen LogP contribution in [0.1, 0.15) is 19.8 Å². The molecular weight excluding hydrogens is 158 g/mol. The third-order valence-corrected chi connectivity index (χ3v) is 0.967. The second-order valence-electron chi connectivity index (χ2n) is 2.25. The van der Waals surface area contributed by atoms with Crippen molar-refractivity contribution in [1.29, 1.82) is 0 Å². The summed E-state index contributed by atoms with van der Waals surface area (Å²) in [6.45, 7) is 6.06. The van der Waals surface area contributed by atoms with Gasteiger partial charge in [-0.3, -0.25) is 10.2 Å². The van der Waals surface area contributed by atoms with Crippen molar-refractivity contribution in [3.05, 3.63) is 12.3 Å². The van der Waals surface area contributed by atoms with E-state index in [0.717, 1.165) is 6.42 Å². The van der Waals surface area contributed by atoms with Crippen LogP contribution in [0, 0.1) is 0 Å². The molecule has 0 heterocycles. The molecule has 2 N–H and O–H groups in total. The van der Waals surface area contributed by atoms with Crippen molar-refractivity contribution >= 4 is 5.97 Å². The normalized spacial score (nSPS) is 10.1. The van der Waals surface area contributed by atoms with E-state index in [4.69, 9.17) is 5.11 Å². The van der Waals surface area contributed by atoms with Crippen LogP contribution in [0.4, 0.5) is 0 Å². The Morgan fingerprint density at radius 1 is 1.67 bits per heavy atom. The van der Waals surface area contributed by atoms with Crippen molar-refractivity contribution in [1.82, 2.24) is 5.43 Å². The maximum atomic E-state index is 10.1. The van der Waals surface area contributed by atoms with Gasteiger partial charge < -0.3 is 5.11 Å². The Balaban J connectivity index is 3.50. The molecule has 0 spiro atoms. The number of rotatable bonds is 6. The highest BCUT2D eigenvalue weighted by molar-refractivity contribution is 5.69. The molecule has 0 amide bonds. The van der Waals surface area contributed by atoms with Gasteiger partial charge in [0.1, 0.15) is 0 Å². The minimum Gasteiger partial charge on any atom is -0.481 e. The average molecular weight is 171 g/mol. The highest BCUT2D eigenvalue weighted by atomic mass is 16.4. The first-order chi connectivity index (χ1) is 5.66. The van der Waals surface area contributed by atoms with Gasteiger partial charge in [0.25, 0.3) is 0 Å². The van der Waals surface area contributed by atoms with Crippen LogP contribution in [0.3, 0.4) is 0 Å². The first kappa shape index (κ1) is 10.6. The fraction of sp³-hybridized carbons (Fsp3) is 0.571. The predicted octanol–water partition coefficient (Wildman–Crippen LogP) is 1.34. The first-order valence-electron chi connectivity index (χ1n) is 3.69. The average Bonchev–Trinajstić information content (AvgIpc) is 1.97. The molecule has 0 aromatic heterocycles. The lowest BCUT2D eigenvalue weighted by Gasteiger charge is -1.98. The van der Waals surface area contributed by atoms with Crippen LogP contribution in [-0.2, 0) is 4.79 Å². The molecule has 5 nitrogen and oxygen atoms in total. The number of carboxylic acids is 1. The van der Waals surface area contributed by atoms with Crippen LogP contribution in [0.15, 0.2) is 22.6 Å². The van der Waals surface area contributed by atoms with Crippen LogP contribution in [0.2, 0.25) is 0 Å². The highest BCUT2D eigenvalue weighted by Crippen LogP contribution is 1.92. The molecule has 0 atom stereocenters. The largest absolute Gasteiger partial charge is 0.481 e. The summed E-state index contributed by atoms with van der Waals surface area (Å²) in [4.78, 5) is 10.1. The summed E-state index contributed by atoms with van der Waals surface area (Å²) in [5.41, 5.74) is 2.77. The number of aliphatic carboxylic acids is 1. The summed E-state index contributed by atoms with van der Waals surface area (Å²) >= 11 is 0. The number of nitrogens with one attached hydrogen (secondary N) is 1. The third kappa shape index (κ3) is 6.73. The molecule has 68 valence electrons. The molecule has 0 aliphatic carbocycles. The minimum absolute atomic E-state index is 0.134. The van der Waals surface area contributed by atoms with E-state index in [-0.39, 0.29) is 6.42 Å². The van der Waals surface area contributed by atoms with Crippen molar-refractivity contribution < 1.29 is 9.90 Å². The molecule has 0 aromatic rings. The van der Waals surface area contributed by atoms with Crippen molar-refractivity contribution in [3.8, 4) is 0 Å². The lowest BCUT2D eigenvalue weighted by molar-refractivity contribution is -0.136. The standard InChI is InChI=1S/C7H13N3O2/c1-3-4-8-10-9-6(2)5-7(11)12/h2-5H2,1H3,(H,8,9)(H,11,12). The lowest BCUT2D eigenvalue weighted by Crippen LogP contribution is -2.08. The van der Waals surface area contributed by atoms with E-state index in [9.17, 15) is 4.79 Å². The molecule has 0 bridgehead atoms. The van der Waals surface area contributed by atoms with Gasteiger partial charge in [-0.1, -0.05) is 18.7 Å². The van der Waals surface area contributed by atoms with Gasteiger partial charge in [-0.05, 0) is 6.42 Å². The summed E-state index contributed by atoms with van der Waals surface area (Å²) in [7, 11) is 0. The molecule has 12 heavy (non-hydrogen) atoms. The van der Waals surface area contributed by atoms with Crippen molar-refractivity contribution in [3.63, 3.8) is 0 Å². The first-order valence-corrected chi connectivity index (χ1v) is 3.69. The van der Waals surface area contributed by atoms with Gasteiger partial charge in [0, 0.05) is 5.70 Å². The predicted molar refractivity (Wildman–Crippen MR) is 44.5 cm³/mol. The van der Waals surface area contributed by atoms with Gasteiger partial charge >= 0.3 is 5.97 Å². The van der Waals surface area contributed by atoms with Crippen molar-refractivity contribution in [2.24, 2.45) is 10.3 Å². The molecule has 0 aliphatic heterocycles. The van der Waals surface area contributed by atoms with Gasteiger partial charge in [-0.2, -0.15) is 5.11 Å². The molecular formula is C7H13N3O2. The smallest absolute Gasteiger partial charge is 0.309 e. The fourth-order valence-electron chi connectivity index (χ4n) is 0.478.